The van der Waals surface area contributed by atoms with E-state index in [0.717, 1.165) is 12.0 Å². The van der Waals surface area contributed by atoms with Crippen LogP contribution in [0.2, 0.25) is 0 Å². The lowest BCUT2D eigenvalue weighted by atomic mass is 10.1. The van der Waals surface area contributed by atoms with Gasteiger partial charge in [0.2, 0.25) is 4.36 Å². The van der Waals surface area contributed by atoms with E-state index in [9.17, 15) is 9.18 Å². The molecule has 0 aliphatic rings. The highest BCUT2D eigenvalue weighted by molar-refractivity contribution is 14.1. The molecule has 0 saturated heterocycles. The van der Waals surface area contributed by atoms with Crippen molar-refractivity contribution in [2.75, 3.05) is 13.2 Å². The van der Waals surface area contributed by atoms with E-state index >= 15 is 0 Å². The van der Waals surface area contributed by atoms with Gasteiger partial charge in [0.05, 0.1) is 18.8 Å². The molecule has 0 aliphatic carbocycles. The standard InChI is InChI=1S/C20H20FIN4O3/c1-2-14-3-5-15(6-4-14)13-26-18(27)8-7-17(25-26)16-11-23-20(24-12-16)29-10-9-28-19(21)22/h3-8,11-12,19H,2,9-10,13H2,1H3. The number of nitrogens with zero attached hydrogens (tertiary/aromatic N) is 4. The topological polar surface area (TPSA) is 79.1 Å². The lowest BCUT2D eigenvalue weighted by molar-refractivity contribution is 0.0230. The number of rotatable bonds is 9. The van der Waals surface area contributed by atoms with Crippen molar-refractivity contribution in [3.8, 4) is 17.3 Å². The number of halogens is 2. The van der Waals surface area contributed by atoms with Crippen molar-refractivity contribution in [3.05, 3.63) is 70.3 Å². The Labute approximate surface area is 181 Å². The maximum absolute atomic E-state index is 12.5. The SMILES string of the molecule is CCc1ccc(Cn2nc(-c3cnc(OCCOC(F)I)nc3)ccc2=O)cc1. The van der Waals surface area contributed by atoms with Gasteiger partial charge in [0.25, 0.3) is 5.56 Å². The number of ether oxygens (including phenoxy) is 2. The van der Waals surface area contributed by atoms with E-state index in [1.807, 2.05) is 12.1 Å². The average Bonchev–Trinajstić information content (AvgIpc) is 2.74. The molecule has 0 N–H and O–H groups in total. The Morgan fingerprint density at radius 3 is 2.41 bits per heavy atom. The summed E-state index contributed by atoms with van der Waals surface area (Å²) in [6, 6.07) is 11.4. The Morgan fingerprint density at radius 2 is 1.76 bits per heavy atom. The van der Waals surface area contributed by atoms with Gasteiger partial charge in [0.1, 0.15) is 6.61 Å². The average molecular weight is 510 g/mol. The highest BCUT2D eigenvalue weighted by atomic mass is 127. The van der Waals surface area contributed by atoms with Gasteiger partial charge in [-0.05, 0) is 46.2 Å². The lowest BCUT2D eigenvalue weighted by Gasteiger charge is -2.08. The molecule has 29 heavy (non-hydrogen) atoms. The van der Waals surface area contributed by atoms with Crippen LogP contribution in [0, 0.1) is 0 Å². The van der Waals surface area contributed by atoms with Crippen LogP contribution in [0.4, 0.5) is 4.39 Å². The molecule has 0 saturated carbocycles. The molecule has 9 heteroatoms. The molecule has 1 aromatic carbocycles. The minimum absolute atomic E-state index is 0.0982. The second kappa shape index (κ2) is 10.4. The molecular weight excluding hydrogens is 490 g/mol. The predicted octanol–water partition coefficient (Wildman–Crippen LogP) is 3.39. The van der Waals surface area contributed by atoms with Crippen LogP contribution in [0.15, 0.2) is 53.6 Å². The van der Waals surface area contributed by atoms with Gasteiger partial charge in [-0.1, -0.05) is 31.2 Å². The zero-order valence-electron chi connectivity index (χ0n) is 15.8. The number of hydrogen-bond donors (Lipinski definition) is 0. The van der Waals surface area contributed by atoms with Crippen molar-refractivity contribution in [2.24, 2.45) is 0 Å². The van der Waals surface area contributed by atoms with Crippen LogP contribution in [0.5, 0.6) is 6.01 Å². The molecule has 0 radical (unpaired) electrons. The summed E-state index contributed by atoms with van der Waals surface area (Å²) in [4.78, 5) is 20.4. The van der Waals surface area contributed by atoms with Gasteiger partial charge in [-0.3, -0.25) is 4.79 Å². The first kappa shape index (κ1) is 21.3. The molecule has 3 aromatic rings. The first-order chi connectivity index (χ1) is 14.0. The molecule has 1 atom stereocenters. The molecule has 0 amide bonds. The molecule has 2 aromatic heterocycles. The fraction of sp³-hybridized carbons (Fsp3) is 0.300. The fourth-order valence-electron chi connectivity index (χ4n) is 2.56. The summed E-state index contributed by atoms with van der Waals surface area (Å²) in [5, 5.41) is 4.43. The van der Waals surface area contributed by atoms with Gasteiger partial charge >= 0.3 is 6.01 Å². The van der Waals surface area contributed by atoms with Crippen LogP contribution in [-0.4, -0.2) is 37.3 Å². The summed E-state index contributed by atoms with van der Waals surface area (Å²) in [7, 11) is 0. The van der Waals surface area contributed by atoms with Gasteiger partial charge in [-0.15, -0.1) is 0 Å². The second-order valence-electron chi connectivity index (χ2n) is 6.12. The number of alkyl halides is 2. The molecule has 3 rings (SSSR count). The van der Waals surface area contributed by atoms with Gasteiger partial charge in [-0.25, -0.2) is 19.0 Å². The predicted molar refractivity (Wildman–Crippen MR) is 115 cm³/mol. The summed E-state index contributed by atoms with van der Waals surface area (Å²) >= 11 is 1.52. The Bertz CT molecular complexity index is 978. The largest absolute Gasteiger partial charge is 0.461 e. The summed E-state index contributed by atoms with van der Waals surface area (Å²) in [6.07, 6.45) is 4.09. The number of hydrogen-bond acceptors (Lipinski definition) is 6. The molecule has 0 fully saturated rings. The summed E-state index contributed by atoms with van der Waals surface area (Å²) in [5.41, 5.74) is 3.29. The molecule has 0 spiro atoms. The van der Waals surface area contributed by atoms with Crippen molar-refractivity contribution in [2.45, 2.75) is 24.3 Å². The summed E-state index contributed by atoms with van der Waals surface area (Å²) in [6.45, 7) is 2.72. The van der Waals surface area contributed by atoms with E-state index < -0.39 is 4.36 Å². The first-order valence-electron chi connectivity index (χ1n) is 9.06. The third-order valence-electron chi connectivity index (χ3n) is 4.11. The Balaban J connectivity index is 1.69. The number of aromatic nitrogens is 4. The van der Waals surface area contributed by atoms with E-state index in [4.69, 9.17) is 9.47 Å². The molecule has 152 valence electrons. The van der Waals surface area contributed by atoms with Crippen LogP contribution in [0.1, 0.15) is 18.1 Å². The van der Waals surface area contributed by atoms with Crippen LogP contribution in [0.25, 0.3) is 11.3 Å². The Kier molecular flexibility index (Phi) is 7.64. The minimum Gasteiger partial charge on any atom is -0.461 e. The molecule has 7 nitrogen and oxygen atoms in total. The normalized spacial score (nSPS) is 12.0. The first-order valence-corrected chi connectivity index (χ1v) is 10.3. The maximum atomic E-state index is 12.5. The van der Waals surface area contributed by atoms with Gasteiger partial charge in [0.15, 0.2) is 0 Å². The van der Waals surface area contributed by atoms with Crippen molar-refractivity contribution < 1.29 is 13.9 Å². The summed E-state index contributed by atoms with van der Waals surface area (Å²) in [5.74, 6) is 0. The maximum Gasteiger partial charge on any atom is 0.316 e. The van der Waals surface area contributed by atoms with Gasteiger partial charge < -0.3 is 9.47 Å². The highest BCUT2D eigenvalue weighted by Gasteiger charge is 2.07. The van der Waals surface area contributed by atoms with Gasteiger partial charge in [0, 0.05) is 24.0 Å². The lowest BCUT2D eigenvalue weighted by Crippen LogP contribution is -2.22. The van der Waals surface area contributed by atoms with Crippen molar-refractivity contribution >= 4 is 22.6 Å². The monoisotopic (exact) mass is 510 g/mol. The quantitative estimate of drug-likeness (QED) is 0.250. The van der Waals surface area contributed by atoms with E-state index in [-0.39, 0.29) is 24.8 Å². The minimum atomic E-state index is -1.37. The molecule has 0 aliphatic heterocycles. The van der Waals surface area contributed by atoms with Gasteiger partial charge in [-0.2, -0.15) is 5.10 Å². The van der Waals surface area contributed by atoms with Crippen LogP contribution < -0.4 is 10.3 Å². The second-order valence-corrected chi connectivity index (χ2v) is 7.10. The fourth-order valence-corrected chi connectivity index (χ4v) is 2.82. The van der Waals surface area contributed by atoms with E-state index in [1.165, 1.54) is 38.9 Å². The summed E-state index contributed by atoms with van der Waals surface area (Å²) < 4.78 is 22.6. The Morgan fingerprint density at radius 1 is 1.07 bits per heavy atom. The zero-order chi connectivity index (χ0) is 20.6. The van der Waals surface area contributed by atoms with E-state index in [0.29, 0.717) is 17.8 Å². The molecule has 2 heterocycles. The number of aryl methyl sites for hydroxylation is 1. The zero-order valence-corrected chi connectivity index (χ0v) is 18.0. The van der Waals surface area contributed by atoms with Crippen LogP contribution in [0.3, 0.4) is 0 Å². The van der Waals surface area contributed by atoms with E-state index in [2.05, 4.69) is 34.1 Å². The third-order valence-corrected chi connectivity index (χ3v) is 4.47. The van der Waals surface area contributed by atoms with Crippen molar-refractivity contribution in [3.63, 3.8) is 0 Å². The van der Waals surface area contributed by atoms with Crippen LogP contribution >= 0.6 is 22.6 Å². The Hall–Kier alpha value is -2.40. The van der Waals surface area contributed by atoms with Crippen LogP contribution in [-0.2, 0) is 17.7 Å². The molecular formula is C20H20FIN4O3. The molecule has 0 bridgehead atoms. The third kappa shape index (κ3) is 6.29. The van der Waals surface area contributed by atoms with E-state index in [1.54, 1.807) is 18.5 Å². The van der Waals surface area contributed by atoms with Crippen molar-refractivity contribution in [1.29, 1.82) is 0 Å². The smallest absolute Gasteiger partial charge is 0.316 e. The molecule has 1 unspecified atom stereocenters. The van der Waals surface area contributed by atoms with Crippen molar-refractivity contribution in [1.82, 2.24) is 19.7 Å². The highest BCUT2D eigenvalue weighted by Crippen LogP contribution is 2.15. The number of benzene rings is 1.